The van der Waals surface area contributed by atoms with Crippen molar-refractivity contribution in [2.45, 2.75) is 6.92 Å². The van der Waals surface area contributed by atoms with E-state index in [9.17, 15) is 9.59 Å². The number of ether oxygens (including phenoxy) is 1. The first-order valence-corrected chi connectivity index (χ1v) is 8.51. The molecule has 0 radical (unpaired) electrons. The molecule has 2 amide bonds. The van der Waals surface area contributed by atoms with Crippen LogP contribution in [0.15, 0.2) is 76.4 Å². The molecule has 1 aromatic heterocycles. The smallest absolute Gasteiger partial charge is 0.291 e. The number of methoxy groups -OCH3 is 1. The van der Waals surface area contributed by atoms with Gasteiger partial charge in [0.1, 0.15) is 5.75 Å². The van der Waals surface area contributed by atoms with Crippen molar-refractivity contribution in [2.75, 3.05) is 12.4 Å². The van der Waals surface area contributed by atoms with Crippen LogP contribution in [0.25, 0.3) is 0 Å². The monoisotopic (exact) mass is 377 g/mol. The van der Waals surface area contributed by atoms with Crippen LogP contribution in [0, 0.1) is 0 Å². The number of hydrazone groups is 1. The highest BCUT2D eigenvalue weighted by Gasteiger charge is 2.10. The van der Waals surface area contributed by atoms with Gasteiger partial charge in [0.05, 0.1) is 19.1 Å². The molecule has 3 rings (SSSR count). The maximum Gasteiger partial charge on any atom is 0.291 e. The minimum atomic E-state index is -0.343. The fraction of sp³-hybridized carbons (Fsp3) is 0.0952. The minimum absolute atomic E-state index is 0.225. The van der Waals surface area contributed by atoms with Gasteiger partial charge in [-0.3, -0.25) is 9.59 Å². The first kappa shape index (κ1) is 18.9. The third kappa shape index (κ3) is 4.64. The van der Waals surface area contributed by atoms with Gasteiger partial charge >= 0.3 is 0 Å². The Hall–Kier alpha value is -3.87. The molecule has 0 aliphatic rings. The van der Waals surface area contributed by atoms with Crippen LogP contribution in [0.1, 0.15) is 33.4 Å². The van der Waals surface area contributed by atoms with E-state index in [1.807, 2.05) is 6.07 Å². The highest BCUT2D eigenvalue weighted by atomic mass is 16.5. The second-order valence-corrected chi connectivity index (χ2v) is 5.88. The van der Waals surface area contributed by atoms with Crippen LogP contribution >= 0.6 is 0 Å². The van der Waals surface area contributed by atoms with Crippen molar-refractivity contribution in [3.05, 3.63) is 83.8 Å². The van der Waals surface area contributed by atoms with Crippen molar-refractivity contribution >= 4 is 23.2 Å². The Labute approximate surface area is 162 Å². The number of amides is 2. The first-order chi connectivity index (χ1) is 13.6. The maximum absolute atomic E-state index is 12.2. The van der Waals surface area contributed by atoms with Gasteiger partial charge in [0, 0.05) is 11.3 Å². The largest absolute Gasteiger partial charge is 0.497 e. The molecule has 0 unspecified atom stereocenters. The lowest BCUT2D eigenvalue weighted by atomic mass is 10.1. The van der Waals surface area contributed by atoms with Gasteiger partial charge in [-0.05, 0) is 61.0 Å². The predicted octanol–water partition coefficient (Wildman–Crippen LogP) is 3.69. The molecule has 0 spiro atoms. The molecule has 0 saturated heterocycles. The number of benzene rings is 2. The van der Waals surface area contributed by atoms with Crippen molar-refractivity contribution in [2.24, 2.45) is 5.10 Å². The Morgan fingerprint density at radius 3 is 2.43 bits per heavy atom. The maximum atomic E-state index is 12.2. The SMILES string of the molecule is COc1ccc(C(=O)NN=C(C)c2cccc(NC(=O)c3ccco3)c2)cc1. The molecule has 2 aromatic carbocycles. The molecule has 0 atom stereocenters. The van der Waals surface area contributed by atoms with Gasteiger partial charge in [0.25, 0.3) is 11.8 Å². The summed E-state index contributed by atoms with van der Waals surface area (Å²) in [6.07, 6.45) is 1.44. The van der Waals surface area contributed by atoms with Gasteiger partial charge in [0.15, 0.2) is 5.76 Å². The zero-order valence-corrected chi connectivity index (χ0v) is 15.4. The molecule has 7 heteroatoms. The summed E-state index contributed by atoms with van der Waals surface area (Å²) >= 11 is 0. The van der Waals surface area contributed by atoms with Crippen LogP contribution in [0.5, 0.6) is 5.75 Å². The van der Waals surface area contributed by atoms with Crippen molar-refractivity contribution in [1.82, 2.24) is 5.43 Å². The molecule has 0 aliphatic carbocycles. The van der Waals surface area contributed by atoms with Gasteiger partial charge in [-0.1, -0.05) is 12.1 Å². The fourth-order valence-corrected chi connectivity index (χ4v) is 2.43. The van der Waals surface area contributed by atoms with Gasteiger partial charge in [-0.2, -0.15) is 5.10 Å². The van der Waals surface area contributed by atoms with E-state index >= 15 is 0 Å². The summed E-state index contributed by atoms with van der Waals surface area (Å²) in [5.74, 6) is 0.223. The van der Waals surface area contributed by atoms with E-state index in [1.54, 1.807) is 68.6 Å². The van der Waals surface area contributed by atoms with Gasteiger partial charge in [-0.25, -0.2) is 5.43 Å². The number of carbonyl (C=O) groups excluding carboxylic acids is 2. The quantitative estimate of drug-likeness (QED) is 0.506. The lowest BCUT2D eigenvalue weighted by Crippen LogP contribution is -2.19. The molecule has 2 N–H and O–H groups in total. The number of anilines is 1. The van der Waals surface area contributed by atoms with Crippen LogP contribution in [-0.4, -0.2) is 24.6 Å². The van der Waals surface area contributed by atoms with E-state index in [0.717, 1.165) is 5.56 Å². The molecule has 142 valence electrons. The highest BCUT2D eigenvalue weighted by molar-refractivity contribution is 6.04. The molecule has 28 heavy (non-hydrogen) atoms. The van der Waals surface area contributed by atoms with E-state index in [2.05, 4.69) is 15.8 Å². The second-order valence-electron chi connectivity index (χ2n) is 5.88. The Morgan fingerprint density at radius 1 is 0.964 bits per heavy atom. The average Bonchev–Trinajstić information content (AvgIpc) is 3.27. The Kier molecular flexibility index (Phi) is 5.86. The summed E-state index contributed by atoms with van der Waals surface area (Å²) in [4.78, 5) is 24.3. The summed E-state index contributed by atoms with van der Waals surface area (Å²) in [6.45, 7) is 1.77. The van der Waals surface area contributed by atoms with Gasteiger partial charge < -0.3 is 14.5 Å². The lowest BCUT2D eigenvalue weighted by molar-refractivity contribution is 0.0953. The molecule has 0 bridgehead atoms. The highest BCUT2D eigenvalue weighted by Crippen LogP contribution is 2.14. The van der Waals surface area contributed by atoms with Crippen LogP contribution in [0.4, 0.5) is 5.69 Å². The summed E-state index contributed by atoms with van der Waals surface area (Å²) in [5, 5.41) is 6.89. The fourth-order valence-electron chi connectivity index (χ4n) is 2.43. The van der Waals surface area contributed by atoms with Crippen LogP contribution < -0.4 is 15.5 Å². The molecule has 0 saturated carbocycles. The summed E-state index contributed by atoms with van der Waals surface area (Å²) in [6, 6.07) is 17.1. The van der Waals surface area contributed by atoms with E-state index in [1.165, 1.54) is 6.26 Å². The van der Waals surface area contributed by atoms with E-state index in [-0.39, 0.29) is 17.6 Å². The van der Waals surface area contributed by atoms with E-state index in [0.29, 0.717) is 22.7 Å². The van der Waals surface area contributed by atoms with Crippen LogP contribution in [0.2, 0.25) is 0 Å². The third-order valence-electron chi connectivity index (χ3n) is 3.96. The van der Waals surface area contributed by atoms with Crippen molar-refractivity contribution in [3.63, 3.8) is 0 Å². The van der Waals surface area contributed by atoms with Crippen molar-refractivity contribution < 1.29 is 18.7 Å². The predicted molar refractivity (Wildman–Crippen MR) is 106 cm³/mol. The summed E-state index contributed by atoms with van der Waals surface area (Å²) in [7, 11) is 1.56. The third-order valence-corrected chi connectivity index (χ3v) is 3.96. The lowest BCUT2D eigenvalue weighted by Gasteiger charge is -2.07. The molecular weight excluding hydrogens is 358 g/mol. The molecule has 0 aliphatic heterocycles. The number of nitrogens with one attached hydrogen (secondary N) is 2. The van der Waals surface area contributed by atoms with Crippen LogP contribution in [0.3, 0.4) is 0 Å². The number of carbonyl (C=O) groups is 2. The summed E-state index contributed by atoms with van der Waals surface area (Å²) in [5.41, 5.74) is 4.94. The van der Waals surface area contributed by atoms with Gasteiger partial charge in [0.2, 0.25) is 0 Å². The minimum Gasteiger partial charge on any atom is -0.497 e. The number of rotatable bonds is 6. The standard InChI is InChI=1S/C21H19N3O4/c1-14(23-24-20(25)15-8-10-18(27-2)11-9-15)16-5-3-6-17(13-16)22-21(26)19-7-4-12-28-19/h3-13H,1-2H3,(H,22,26)(H,24,25). The Balaban J connectivity index is 1.66. The van der Waals surface area contributed by atoms with Crippen molar-refractivity contribution in [3.8, 4) is 5.75 Å². The molecular formula is C21H19N3O4. The normalized spacial score (nSPS) is 11.0. The molecule has 1 heterocycles. The second kappa shape index (κ2) is 8.68. The topological polar surface area (TPSA) is 92.9 Å². The number of furan rings is 1. The van der Waals surface area contributed by atoms with Crippen molar-refractivity contribution in [1.29, 1.82) is 0 Å². The Bertz CT molecular complexity index is 993. The first-order valence-electron chi connectivity index (χ1n) is 8.51. The molecule has 0 fully saturated rings. The average molecular weight is 377 g/mol. The number of hydrogen-bond acceptors (Lipinski definition) is 5. The van der Waals surface area contributed by atoms with Crippen LogP contribution in [-0.2, 0) is 0 Å². The summed E-state index contributed by atoms with van der Waals surface area (Å²) < 4.78 is 10.1. The molecule has 7 nitrogen and oxygen atoms in total. The number of hydrogen-bond donors (Lipinski definition) is 2. The Morgan fingerprint density at radius 2 is 1.75 bits per heavy atom. The van der Waals surface area contributed by atoms with E-state index < -0.39 is 0 Å². The van der Waals surface area contributed by atoms with E-state index in [4.69, 9.17) is 9.15 Å². The zero-order valence-electron chi connectivity index (χ0n) is 15.4. The van der Waals surface area contributed by atoms with Gasteiger partial charge in [-0.15, -0.1) is 0 Å². The zero-order chi connectivity index (χ0) is 19.9. The molecule has 3 aromatic rings. The number of nitrogens with zero attached hydrogens (tertiary/aromatic N) is 1.